The van der Waals surface area contributed by atoms with Crippen molar-refractivity contribution >= 4 is 34.6 Å². The van der Waals surface area contributed by atoms with Gasteiger partial charge in [0.2, 0.25) is 0 Å². The Labute approximate surface area is 148 Å². The lowest BCUT2D eigenvalue weighted by Crippen LogP contribution is -2.23. The Morgan fingerprint density at radius 3 is 2.72 bits per heavy atom. The summed E-state index contributed by atoms with van der Waals surface area (Å²) in [5.41, 5.74) is 1.52. The highest BCUT2D eigenvalue weighted by atomic mass is 32.2. The molecule has 25 heavy (non-hydrogen) atoms. The first-order valence-electron chi connectivity index (χ1n) is 7.40. The number of carbonyl (C=O) groups is 1. The number of thioether (sulfide) groups is 1. The minimum Gasteiger partial charge on any atom is -0.457 e. The molecular formula is C17H15N3O4S. The van der Waals surface area contributed by atoms with E-state index >= 15 is 0 Å². The fourth-order valence-electron chi connectivity index (χ4n) is 2.44. The minimum atomic E-state index is -0.440. The van der Waals surface area contributed by atoms with Crippen LogP contribution in [0.4, 0.5) is 5.69 Å². The van der Waals surface area contributed by atoms with Gasteiger partial charge in [0.15, 0.2) is 5.17 Å². The predicted molar refractivity (Wildman–Crippen MR) is 97.2 cm³/mol. The molecule has 1 aromatic carbocycles. The van der Waals surface area contributed by atoms with E-state index in [1.807, 2.05) is 6.92 Å². The molecule has 1 amide bonds. The molecule has 0 saturated carbocycles. The highest BCUT2D eigenvalue weighted by molar-refractivity contribution is 8.18. The van der Waals surface area contributed by atoms with Gasteiger partial charge in [-0.2, -0.15) is 0 Å². The first-order valence-corrected chi connectivity index (χ1v) is 8.22. The molecule has 3 rings (SSSR count). The number of hydrogen-bond acceptors (Lipinski definition) is 6. The number of likely N-dealkylation sites (N-methyl/N-ethyl adjacent to an activating group) is 1. The number of rotatable bonds is 3. The number of amides is 1. The summed E-state index contributed by atoms with van der Waals surface area (Å²) in [6.07, 6.45) is 1.65. The number of nitrogens with zero attached hydrogens (tertiary/aromatic N) is 3. The van der Waals surface area contributed by atoms with Gasteiger partial charge in [-0.25, -0.2) is 0 Å². The Kier molecular flexibility index (Phi) is 4.45. The minimum absolute atomic E-state index is 0.00357. The van der Waals surface area contributed by atoms with Crippen molar-refractivity contribution in [2.24, 2.45) is 4.99 Å². The zero-order valence-corrected chi connectivity index (χ0v) is 14.7. The summed E-state index contributed by atoms with van der Waals surface area (Å²) < 4.78 is 5.78. The van der Waals surface area contributed by atoms with Gasteiger partial charge in [-0.15, -0.1) is 0 Å². The van der Waals surface area contributed by atoms with Crippen LogP contribution in [-0.2, 0) is 4.79 Å². The van der Waals surface area contributed by atoms with Crippen LogP contribution in [0.1, 0.15) is 11.3 Å². The van der Waals surface area contributed by atoms with Crippen molar-refractivity contribution in [3.8, 4) is 11.3 Å². The van der Waals surface area contributed by atoms with Crippen LogP contribution < -0.4 is 0 Å². The van der Waals surface area contributed by atoms with Gasteiger partial charge in [-0.05, 0) is 36.4 Å². The monoisotopic (exact) mass is 357 g/mol. The van der Waals surface area contributed by atoms with Gasteiger partial charge in [0.1, 0.15) is 11.5 Å². The Morgan fingerprint density at radius 1 is 1.32 bits per heavy atom. The van der Waals surface area contributed by atoms with Gasteiger partial charge < -0.3 is 4.42 Å². The molecule has 0 spiro atoms. The van der Waals surface area contributed by atoms with Crippen LogP contribution in [0.25, 0.3) is 17.4 Å². The van der Waals surface area contributed by atoms with Crippen LogP contribution in [-0.4, -0.2) is 35.0 Å². The summed E-state index contributed by atoms with van der Waals surface area (Å²) in [6, 6.07) is 8.09. The van der Waals surface area contributed by atoms with Gasteiger partial charge in [0, 0.05) is 37.9 Å². The van der Waals surface area contributed by atoms with Crippen LogP contribution in [0.15, 0.2) is 44.6 Å². The second kappa shape index (κ2) is 6.56. The van der Waals surface area contributed by atoms with Crippen LogP contribution in [0.2, 0.25) is 0 Å². The summed E-state index contributed by atoms with van der Waals surface area (Å²) >= 11 is 1.27. The number of furan rings is 1. The quantitative estimate of drug-likeness (QED) is 0.475. The molecule has 128 valence electrons. The molecule has 0 radical (unpaired) electrons. The number of hydrogen-bond donors (Lipinski definition) is 0. The highest BCUT2D eigenvalue weighted by Crippen LogP contribution is 2.33. The molecule has 2 aromatic rings. The second-order valence-corrected chi connectivity index (χ2v) is 6.45. The lowest BCUT2D eigenvalue weighted by Gasteiger charge is -2.04. The van der Waals surface area contributed by atoms with E-state index in [0.717, 1.165) is 5.56 Å². The molecule has 1 aliphatic rings. The Hall–Kier alpha value is -2.87. The zero-order chi connectivity index (χ0) is 18.1. The van der Waals surface area contributed by atoms with Crippen LogP contribution >= 0.6 is 11.8 Å². The second-order valence-electron chi connectivity index (χ2n) is 5.44. The molecule has 0 aliphatic carbocycles. The summed E-state index contributed by atoms with van der Waals surface area (Å²) in [5.74, 6) is 0.874. The number of nitro benzene ring substituents is 1. The summed E-state index contributed by atoms with van der Waals surface area (Å²) in [6.45, 7) is 1.86. The van der Waals surface area contributed by atoms with Gasteiger partial charge in [-0.1, -0.05) is 6.07 Å². The smallest absolute Gasteiger partial charge is 0.270 e. The molecule has 8 heteroatoms. The molecule has 0 N–H and O–H groups in total. The Morgan fingerprint density at radius 2 is 2.08 bits per heavy atom. The van der Waals surface area contributed by atoms with E-state index < -0.39 is 4.92 Å². The summed E-state index contributed by atoms with van der Waals surface area (Å²) in [5, 5.41) is 11.6. The van der Waals surface area contributed by atoms with E-state index in [4.69, 9.17) is 4.42 Å². The van der Waals surface area contributed by atoms with E-state index in [-0.39, 0.29) is 11.6 Å². The van der Waals surface area contributed by atoms with E-state index in [1.165, 1.54) is 28.8 Å². The van der Waals surface area contributed by atoms with Gasteiger partial charge in [0.05, 0.1) is 9.83 Å². The fourth-order valence-corrected chi connectivity index (χ4v) is 3.35. The molecule has 2 heterocycles. The number of non-ortho nitro benzene ring substituents is 1. The van der Waals surface area contributed by atoms with Crippen LogP contribution in [0.5, 0.6) is 0 Å². The average Bonchev–Trinajstić information content (AvgIpc) is 3.15. The van der Waals surface area contributed by atoms with Crippen LogP contribution in [0.3, 0.4) is 0 Å². The Bertz CT molecular complexity index is 930. The number of amidine groups is 1. The van der Waals surface area contributed by atoms with Crippen molar-refractivity contribution in [1.29, 1.82) is 0 Å². The van der Waals surface area contributed by atoms with Gasteiger partial charge in [0.25, 0.3) is 11.6 Å². The number of aryl methyl sites for hydroxylation is 1. The molecule has 7 nitrogen and oxygen atoms in total. The standard InChI is InChI=1S/C17H15N3O4S/c1-10-4-5-11(20(22)23)8-13(10)14-7-6-12(24-14)9-15-16(21)19(3)17(18-2)25-15/h4-9H,1-3H3/b15-9-,18-17?. The van der Waals surface area contributed by atoms with Crippen molar-refractivity contribution in [2.75, 3.05) is 14.1 Å². The third-order valence-corrected chi connectivity index (χ3v) is 4.94. The van der Waals surface area contributed by atoms with Crippen molar-refractivity contribution in [3.05, 3.63) is 56.7 Å². The highest BCUT2D eigenvalue weighted by Gasteiger charge is 2.30. The molecule has 1 fully saturated rings. The van der Waals surface area contributed by atoms with E-state index in [0.29, 0.717) is 27.2 Å². The largest absolute Gasteiger partial charge is 0.457 e. The first kappa shape index (κ1) is 17.0. The van der Waals surface area contributed by atoms with Crippen molar-refractivity contribution in [3.63, 3.8) is 0 Å². The fraction of sp³-hybridized carbons (Fsp3) is 0.176. The lowest BCUT2D eigenvalue weighted by atomic mass is 10.1. The molecular weight excluding hydrogens is 342 g/mol. The molecule has 1 saturated heterocycles. The summed E-state index contributed by atoms with van der Waals surface area (Å²) in [4.78, 5) is 28.7. The normalized spacial score (nSPS) is 17.7. The molecule has 0 unspecified atom stereocenters. The number of aliphatic imine (C=N–C) groups is 1. The van der Waals surface area contributed by atoms with Crippen molar-refractivity contribution < 1.29 is 14.1 Å². The van der Waals surface area contributed by atoms with Crippen molar-refractivity contribution in [2.45, 2.75) is 6.92 Å². The molecule has 1 aromatic heterocycles. The molecule has 0 bridgehead atoms. The zero-order valence-electron chi connectivity index (χ0n) is 13.8. The average molecular weight is 357 g/mol. The number of carbonyl (C=O) groups excluding carboxylic acids is 1. The third kappa shape index (κ3) is 3.20. The van der Waals surface area contributed by atoms with E-state index in [2.05, 4.69) is 4.99 Å². The summed E-state index contributed by atoms with van der Waals surface area (Å²) in [7, 11) is 3.30. The maximum absolute atomic E-state index is 12.2. The topological polar surface area (TPSA) is 89.0 Å². The third-order valence-electron chi connectivity index (χ3n) is 3.79. The lowest BCUT2D eigenvalue weighted by molar-refractivity contribution is -0.384. The Balaban J connectivity index is 1.94. The maximum Gasteiger partial charge on any atom is 0.270 e. The molecule has 1 aliphatic heterocycles. The number of nitro groups is 1. The van der Waals surface area contributed by atoms with E-state index in [9.17, 15) is 14.9 Å². The van der Waals surface area contributed by atoms with Gasteiger partial charge in [-0.3, -0.25) is 24.8 Å². The van der Waals surface area contributed by atoms with Crippen molar-refractivity contribution in [1.82, 2.24) is 4.90 Å². The predicted octanol–water partition coefficient (Wildman–Crippen LogP) is 3.70. The number of benzene rings is 1. The van der Waals surface area contributed by atoms with Gasteiger partial charge >= 0.3 is 0 Å². The first-order chi connectivity index (χ1) is 11.9. The SMILES string of the molecule is CN=C1S/C(=C\c2ccc(-c3cc([N+](=O)[O-])ccc3C)o2)C(=O)N1C. The van der Waals surface area contributed by atoms with E-state index in [1.54, 1.807) is 38.4 Å². The van der Waals surface area contributed by atoms with Crippen LogP contribution in [0, 0.1) is 17.0 Å². The maximum atomic E-state index is 12.2. The molecule has 0 atom stereocenters.